The van der Waals surface area contributed by atoms with Crippen molar-refractivity contribution in [2.24, 2.45) is 0 Å². The van der Waals surface area contributed by atoms with Crippen LogP contribution in [0, 0.1) is 10.7 Å². The van der Waals surface area contributed by atoms with Crippen molar-refractivity contribution in [2.45, 2.75) is 50.2 Å². The quantitative estimate of drug-likeness (QED) is 0.0124. The Labute approximate surface area is 565 Å². The van der Waals surface area contributed by atoms with Crippen LogP contribution in [0.2, 0.25) is 0 Å². The molecule has 27 heteroatoms. The first kappa shape index (κ1) is 72.1. The van der Waals surface area contributed by atoms with Crippen LogP contribution in [0.1, 0.15) is 46.4 Å². The Morgan fingerprint density at radius 1 is 0.473 bits per heavy atom. The number of hydrogen-bond donors (Lipinski definition) is 1. The van der Waals surface area contributed by atoms with Crippen molar-refractivity contribution in [1.29, 1.82) is 0 Å². The van der Waals surface area contributed by atoms with E-state index in [9.17, 15) is 71.5 Å². The van der Waals surface area contributed by atoms with Gasteiger partial charge in [0.05, 0.1) is 43.9 Å². The molecule has 0 fully saturated rings. The number of ether oxygens (including phenoxy) is 3. The van der Waals surface area contributed by atoms with Crippen molar-refractivity contribution in [1.82, 2.24) is 5.32 Å². The maximum Gasteiger partial charge on any atom is 0.426 e. The van der Waals surface area contributed by atoms with E-state index >= 15 is 0 Å². The number of benzene rings is 8. The van der Waals surface area contributed by atoms with Gasteiger partial charge >= 0.3 is 30.3 Å². The predicted octanol–water partition coefficient (Wildman–Crippen LogP) is 16.1. The lowest BCUT2D eigenvalue weighted by atomic mass is 10.2. The molecule has 91 heavy (non-hydrogen) atoms. The van der Waals surface area contributed by atoms with Crippen molar-refractivity contribution in [3.05, 3.63) is 222 Å². The zero-order valence-electron chi connectivity index (χ0n) is 47.2. The normalized spacial score (nSPS) is 12.3. The molecule has 1 N–H and O–H groups in total. The number of nitrogens with one attached hydrogen (secondary N) is 1. The fourth-order valence-electron chi connectivity index (χ4n) is 8.82. The van der Waals surface area contributed by atoms with E-state index in [0.717, 1.165) is 3.57 Å². The summed E-state index contributed by atoms with van der Waals surface area (Å²) in [5.41, 5.74) is 0.719. The number of alkyl halides is 6. The molecule has 2 heterocycles. The summed E-state index contributed by atoms with van der Waals surface area (Å²) in [5.74, 6) is -7.53. The second-order valence-corrected chi connectivity index (χ2v) is 29.6. The third kappa shape index (κ3) is 21.1. The standard InChI is InChI=1S/2C18H13S.C14H12F3I3O7S.C14H16F3NO6S/c2*1-2-8-14(9-3-1)19-17-12-6-4-10-15(17)16-11-5-7-13-18(16)19;15-14(16,17)9(6-28(23,24)25)27-10(21)2-1-5-26-13(22)11-7(18)3-4-8(19)12(11)20;15-14(16,17)11(9-25(21,22)23)24-12(19)7-4-8-18-13(20)10-5-2-1-3-6-10/h2*1-13H;3-4,9H,1-2,5-6H2,(H,23,24,25);1-3,5-6,11H,4,7-9H2,(H,18,20)(H,21,22,23)/q2*+1;;/p-2. The largest absolute Gasteiger partial charge is 0.748 e. The first-order valence-electron chi connectivity index (χ1n) is 27.1. The van der Waals surface area contributed by atoms with Gasteiger partial charge < -0.3 is 28.6 Å². The molecule has 478 valence electrons. The molecule has 1 amide bonds. The highest BCUT2D eigenvalue weighted by molar-refractivity contribution is 14.1. The Bertz CT molecular complexity index is 4130. The molecule has 0 radical (unpaired) electrons. The number of esters is 3. The highest BCUT2D eigenvalue weighted by Crippen LogP contribution is 2.49. The van der Waals surface area contributed by atoms with E-state index in [0.29, 0.717) is 18.3 Å². The monoisotopic (exact) mass is 1660 g/mol. The maximum absolute atomic E-state index is 12.6. The average Bonchev–Trinajstić information content (AvgIpc) is 1.62. The highest BCUT2D eigenvalue weighted by Gasteiger charge is 2.45. The summed E-state index contributed by atoms with van der Waals surface area (Å²) >= 11 is 5.98. The van der Waals surface area contributed by atoms with Gasteiger partial charge in [-0.3, -0.25) is 14.4 Å². The van der Waals surface area contributed by atoms with Crippen LogP contribution in [0.4, 0.5) is 26.3 Å². The number of carbonyl (C=O) groups is 4. The molecule has 2 atom stereocenters. The number of rotatable bonds is 18. The van der Waals surface area contributed by atoms with Gasteiger partial charge in [-0.1, -0.05) is 103 Å². The number of amides is 1. The summed E-state index contributed by atoms with van der Waals surface area (Å²) in [4.78, 5) is 49.5. The molecule has 0 saturated heterocycles. The van der Waals surface area contributed by atoms with Crippen LogP contribution in [0.3, 0.4) is 0 Å². The Morgan fingerprint density at radius 2 is 0.813 bits per heavy atom. The highest BCUT2D eigenvalue weighted by atomic mass is 127. The SMILES string of the molecule is O=C(CCCNC(=O)c1ccccc1)OC(CS(=O)(=O)[O-])C(F)(F)F.O=C(CCCOC(=O)c1c(I)ccc(I)c1I)OC(CS(=O)(=O)[O-])C(F)(F)F.c1ccc(-[s+]2c3ccccc3c3ccccc32)cc1.c1ccc(-[s+]2c3ccccc3c3ccccc32)cc1. The number of carbonyl (C=O) groups excluding carboxylic acids is 4. The second-order valence-electron chi connectivity index (χ2n) is 19.4. The summed E-state index contributed by atoms with van der Waals surface area (Å²) in [5, 5.41) is 8.04. The molecule has 0 bridgehead atoms. The molecule has 0 spiro atoms. The lowest BCUT2D eigenvalue weighted by Crippen LogP contribution is -2.39. The van der Waals surface area contributed by atoms with Gasteiger partial charge in [-0.25, -0.2) is 21.6 Å². The van der Waals surface area contributed by atoms with Crippen LogP contribution in [0.15, 0.2) is 200 Å². The van der Waals surface area contributed by atoms with Gasteiger partial charge in [0.25, 0.3) is 5.91 Å². The van der Waals surface area contributed by atoms with Crippen LogP contribution < -0.4 is 5.32 Å². The molecule has 0 aliphatic rings. The van der Waals surface area contributed by atoms with E-state index < -0.39 is 93.0 Å². The fraction of sp³-hybridized carbons (Fsp3) is 0.188. The van der Waals surface area contributed by atoms with E-state index in [2.05, 4.69) is 173 Å². The zero-order chi connectivity index (χ0) is 66.1. The molecular weight excluding hydrogens is 1610 g/mol. The molecule has 10 rings (SSSR count). The van der Waals surface area contributed by atoms with Gasteiger partial charge in [-0.15, -0.1) is 0 Å². The maximum atomic E-state index is 12.6. The second kappa shape index (κ2) is 33.0. The lowest BCUT2D eigenvalue weighted by Gasteiger charge is -2.21. The van der Waals surface area contributed by atoms with Crippen molar-refractivity contribution in [3.63, 3.8) is 0 Å². The van der Waals surface area contributed by atoms with Gasteiger partial charge in [0.2, 0.25) is 12.2 Å². The molecule has 14 nitrogen and oxygen atoms in total. The Hall–Kier alpha value is -6.33. The summed E-state index contributed by atoms with van der Waals surface area (Å²) in [6, 6.07) is 68.5. The van der Waals surface area contributed by atoms with Crippen LogP contribution in [0.5, 0.6) is 0 Å². The molecule has 8 aromatic carbocycles. The number of halogens is 9. The Morgan fingerprint density at radius 3 is 1.19 bits per heavy atom. The molecule has 0 aliphatic carbocycles. The van der Waals surface area contributed by atoms with Crippen molar-refractivity contribution < 1.29 is 85.7 Å². The summed E-state index contributed by atoms with van der Waals surface area (Å²) < 4.78 is 160. The number of hydrogen-bond acceptors (Lipinski definition) is 13. The third-order valence-electron chi connectivity index (χ3n) is 12.8. The third-order valence-corrected chi connectivity index (χ3v) is 22.9. The number of thiophene rings is 2. The molecule has 2 aromatic heterocycles. The van der Waals surface area contributed by atoms with Gasteiger partial charge in [-0.2, -0.15) is 26.3 Å². The smallest absolute Gasteiger partial charge is 0.426 e. The first-order chi connectivity index (χ1) is 43.1. The first-order valence-corrected chi connectivity index (χ1v) is 35.9. The van der Waals surface area contributed by atoms with E-state index in [1.165, 1.54) is 50.1 Å². The molecule has 2 unspecified atom stereocenters. The lowest BCUT2D eigenvalue weighted by molar-refractivity contribution is -0.215. The van der Waals surface area contributed by atoms with E-state index in [1.54, 1.807) is 36.4 Å². The summed E-state index contributed by atoms with van der Waals surface area (Å²) in [7, 11) is -10.4. The number of fused-ring (bicyclic) bond motifs is 6. The van der Waals surface area contributed by atoms with Crippen LogP contribution in [-0.2, 0) is 44.0 Å². The minimum atomic E-state index is -5.25. The minimum absolute atomic E-state index is 0.000629. The van der Waals surface area contributed by atoms with E-state index in [-0.39, 0.29) is 46.9 Å². The Balaban J connectivity index is 0.000000174. The fourth-order valence-corrected chi connectivity index (χ4v) is 17.2. The van der Waals surface area contributed by atoms with Crippen molar-refractivity contribution in [2.75, 3.05) is 24.7 Å². The average molecular weight is 1670 g/mol. The topological polar surface area (TPSA) is 222 Å². The van der Waals surface area contributed by atoms with Crippen LogP contribution in [-0.4, -0.2) is 99.0 Å². The molecule has 0 saturated carbocycles. The molecule has 0 aliphatic heterocycles. The van der Waals surface area contributed by atoms with E-state index in [4.69, 9.17) is 4.74 Å². The molecular formula is C64H52F6I3NO13S4. The predicted molar refractivity (Wildman–Crippen MR) is 364 cm³/mol. The van der Waals surface area contributed by atoms with Crippen molar-refractivity contribution >= 4 is 173 Å². The van der Waals surface area contributed by atoms with Crippen molar-refractivity contribution in [3.8, 4) is 9.79 Å². The zero-order valence-corrected chi connectivity index (χ0v) is 56.9. The summed E-state index contributed by atoms with van der Waals surface area (Å²) in [6.45, 7) is -0.262. The minimum Gasteiger partial charge on any atom is -0.748 e. The van der Waals surface area contributed by atoms with Gasteiger partial charge in [0.1, 0.15) is 0 Å². The van der Waals surface area contributed by atoms with Crippen LogP contribution >= 0.6 is 88.7 Å². The molecule has 10 aromatic rings. The van der Waals surface area contributed by atoms with E-state index in [1.807, 2.05) is 73.8 Å². The summed E-state index contributed by atoms with van der Waals surface area (Å²) in [6.07, 6.45) is -17.6. The van der Waals surface area contributed by atoms with Gasteiger partial charge in [0.15, 0.2) is 28.6 Å². The Kier molecular flexibility index (Phi) is 26.1. The van der Waals surface area contributed by atoms with Gasteiger partial charge in [-0.05, 0) is 178 Å². The van der Waals surface area contributed by atoms with Crippen LogP contribution in [0.25, 0.3) is 50.1 Å². The van der Waals surface area contributed by atoms with Gasteiger partial charge in [0, 0.05) is 78.1 Å².